The molecule has 5 nitrogen and oxygen atoms in total. The third-order valence-electron chi connectivity index (χ3n) is 4.44. The number of aliphatic hydroxyl groups excluding tert-OH is 1. The lowest BCUT2D eigenvalue weighted by Gasteiger charge is -2.22. The van der Waals surface area contributed by atoms with Gasteiger partial charge in [-0.25, -0.2) is 0 Å². The fraction of sp³-hybridized carbons (Fsp3) is 0.333. The van der Waals surface area contributed by atoms with E-state index in [2.05, 4.69) is 5.32 Å². The smallest absolute Gasteiger partial charge is 0.381 e. The Hall–Kier alpha value is -2.76. The Balaban J connectivity index is 0.00000155. The maximum atomic E-state index is 13.0. The van der Waals surface area contributed by atoms with Gasteiger partial charge in [-0.05, 0) is 48.4 Å². The molecule has 0 saturated carbocycles. The van der Waals surface area contributed by atoms with E-state index in [-0.39, 0.29) is 12.2 Å². The first-order chi connectivity index (χ1) is 14.2. The summed E-state index contributed by atoms with van der Waals surface area (Å²) in [6.07, 6.45) is -5.47. The van der Waals surface area contributed by atoms with Gasteiger partial charge in [0.05, 0.1) is 23.7 Å². The predicted molar refractivity (Wildman–Crippen MR) is 110 cm³/mol. The van der Waals surface area contributed by atoms with E-state index in [4.69, 9.17) is 16.9 Å². The molecule has 0 aromatic heterocycles. The number of carbonyl (C=O) groups excluding carboxylic acids is 1. The number of hydrogen-bond donors (Lipinski definition) is 2. The van der Waals surface area contributed by atoms with E-state index in [1.807, 2.05) is 24.8 Å². The van der Waals surface area contributed by atoms with Gasteiger partial charge in [-0.15, -0.1) is 0 Å². The minimum absolute atomic E-state index is 0.0110. The number of anilines is 2. The zero-order valence-electron chi connectivity index (χ0n) is 16.4. The largest absolute Gasteiger partial charge is 0.417 e. The van der Waals surface area contributed by atoms with Crippen LogP contribution >= 0.6 is 11.6 Å². The first kappa shape index (κ1) is 23.5. The summed E-state index contributed by atoms with van der Waals surface area (Å²) in [4.78, 5) is 14.0. The molecule has 0 radical (unpaired) electrons. The molecule has 1 atom stereocenters. The summed E-state index contributed by atoms with van der Waals surface area (Å²) in [6, 6.07) is 9.63. The van der Waals surface area contributed by atoms with Crippen LogP contribution < -0.4 is 10.2 Å². The van der Waals surface area contributed by atoms with Gasteiger partial charge < -0.3 is 15.3 Å². The van der Waals surface area contributed by atoms with Crippen LogP contribution in [0.1, 0.15) is 30.5 Å². The zero-order valence-corrected chi connectivity index (χ0v) is 17.2. The van der Waals surface area contributed by atoms with Crippen molar-refractivity contribution in [3.8, 4) is 6.07 Å². The molecular weight excluding hydrogens is 419 g/mol. The molecule has 0 bridgehead atoms. The number of nitriles is 1. The first-order valence-electron chi connectivity index (χ1n) is 9.32. The van der Waals surface area contributed by atoms with Gasteiger partial charge in [0.25, 0.3) is 5.91 Å². The number of aliphatic hydroxyl groups is 1. The van der Waals surface area contributed by atoms with E-state index >= 15 is 0 Å². The Bertz CT molecular complexity index is 957. The molecule has 1 aliphatic heterocycles. The van der Waals surface area contributed by atoms with Gasteiger partial charge in [0.1, 0.15) is 0 Å². The normalized spacial score (nSPS) is 13.6. The van der Waals surface area contributed by atoms with Gasteiger partial charge in [-0.3, -0.25) is 4.79 Å². The molecule has 0 saturated heterocycles. The summed E-state index contributed by atoms with van der Waals surface area (Å²) in [6.45, 7) is 4.58. The van der Waals surface area contributed by atoms with Crippen LogP contribution in [-0.4, -0.2) is 30.2 Å². The highest BCUT2D eigenvalue weighted by atomic mass is 35.5. The van der Waals surface area contributed by atoms with Crippen molar-refractivity contribution in [2.75, 3.05) is 23.3 Å². The SMILES string of the molecule is CC.N#Cc1ccc(NC(=O)C(O)CN2CCc3cc(Cl)ccc32)cc1C(F)(F)F. The van der Waals surface area contributed by atoms with E-state index in [9.17, 15) is 23.1 Å². The molecule has 160 valence electrons. The Morgan fingerprint density at radius 2 is 2.00 bits per heavy atom. The van der Waals surface area contributed by atoms with Gasteiger partial charge >= 0.3 is 6.18 Å². The molecule has 1 unspecified atom stereocenters. The van der Waals surface area contributed by atoms with Gasteiger partial charge in [0.2, 0.25) is 0 Å². The minimum atomic E-state index is -4.73. The number of β-amino-alcohol motifs (C(OH)–C–C–N with tert-alkyl or cyclic N) is 1. The van der Waals surface area contributed by atoms with Crippen molar-refractivity contribution in [3.05, 3.63) is 58.1 Å². The molecule has 1 aliphatic rings. The molecule has 2 N–H and O–H groups in total. The highest BCUT2D eigenvalue weighted by Crippen LogP contribution is 2.34. The van der Waals surface area contributed by atoms with Crippen molar-refractivity contribution in [3.63, 3.8) is 0 Å². The molecule has 0 aliphatic carbocycles. The van der Waals surface area contributed by atoms with Crippen molar-refractivity contribution in [2.45, 2.75) is 32.5 Å². The average molecular weight is 440 g/mol. The Morgan fingerprint density at radius 3 is 2.63 bits per heavy atom. The summed E-state index contributed by atoms with van der Waals surface area (Å²) >= 11 is 5.95. The number of nitrogens with one attached hydrogen (secondary N) is 1. The topological polar surface area (TPSA) is 76.4 Å². The van der Waals surface area contributed by atoms with Gasteiger partial charge in [0.15, 0.2) is 6.10 Å². The molecular formula is C21H21ClF3N3O2. The van der Waals surface area contributed by atoms with Crippen molar-refractivity contribution in [1.82, 2.24) is 0 Å². The van der Waals surface area contributed by atoms with Crippen LogP contribution in [0.3, 0.4) is 0 Å². The van der Waals surface area contributed by atoms with E-state index in [1.54, 1.807) is 12.1 Å². The van der Waals surface area contributed by atoms with Crippen molar-refractivity contribution >= 4 is 28.9 Å². The van der Waals surface area contributed by atoms with E-state index in [0.29, 0.717) is 17.6 Å². The predicted octanol–water partition coefficient (Wildman–Crippen LogP) is 4.62. The summed E-state index contributed by atoms with van der Waals surface area (Å²) in [5.74, 6) is -0.833. The van der Waals surface area contributed by atoms with Gasteiger partial charge in [-0.1, -0.05) is 25.4 Å². The number of carbonyl (C=O) groups is 1. The first-order valence-corrected chi connectivity index (χ1v) is 9.70. The van der Waals surface area contributed by atoms with E-state index in [0.717, 1.165) is 23.7 Å². The van der Waals surface area contributed by atoms with Crippen molar-refractivity contribution in [1.29, 1.82) is 5.26 Å². The fourth-order valence-electron chi connectivity index (χ4n) is 3.10. The summed E-state index contributed by atoms with van der Waals surface area (Å²) in [7, 11) is 0. The number of benzene rings is 2. The summed E-state index contributed by atoms with van der Waals surface area (Å²) in [5.41, 5.74) is 0.0194. The van der Waals surface area contributed by atoms with Crippen LogP contribution in [0.4, 0.5) is 24.5 Å². The lowest BCUT2D eigenvalue weighted by Crippen LogP contribution is -2.39. The molecule has 2 aromatic rings. The monoisotopic (exact) mass is 439 g/mol. The summed E-state index contributed by atoms with van der Waals surface area (Å²) < 4.78 is 39.1. The lowest BCUT2D eigenvalue weighted by atomic mass is 10.1. The Labute approximate surface area is 177 Å². The van der Waals surface area contributed by atoms with Crippen LogP contribution in [-0.2, 0) is 17.4 Å². The molecule has 0 spiro atoms. The molecule has 9 heteroatoms. The number of fused-ring (bicyclic) bond motifs is 1. The maximum Gasteiger partial charge on any atom is 0.417 e. The van der Waals surface area contributed by atoms with Crippen molar-refractivity contribution in [2.24, 2.45) is 0 Å². The number of hydrogen-bond acceptors (Lipinski definition) is 4. The quantitative estimate of drug-likeness (QED) is 0.728. The number of alkyl halides is 3. The molecule has 1 heterocycles. The third kappa shape index (κ3) is 5.43. The van der Waals surface area contributed by atoms with Gasteiger partial charge in [-0.2, -0.15) is 18.4 Å². The second kappa shape index (κ2) is 9.83. The van der Waals surface area contributed by atoms with Crippen LogP contribution in [0, 0.1) is 11.3 Å². The van der Waals surface area contributed by atoms with Gasteiger partial charge in [0, 0.05) is 22.9 Å². The van der Waals surface area contributed by atoms with Crippen molar-refractivity contribution < 1.29 is 23.1 Å². The Morgan fingerprint density at radius 1 is 1.30 bits per heavy atom. The summed E-state index contributed by atoms with van der Waals surface area (Å²) in [5, 5.41) is 21.9. The average Bonchev–Trinajstić information content (AvgIpc) is 3.10. The molecule has 30 heavy (non-hydrogen) atoms. The minimum Gasteiger partial charge on any atom is -0.381 e. The van der Waals surface area contributed by atoms with Crippen LogP contribution in [0.5, 0.6) is 0 Å². The highest BCUT2D eigenvalue weighted by molar-refractivity contribution is 6.30. The van der Waals surface area contributed by atoms with Crippen LogP contribution in [0.15, 0.2) is 36.4 Å². The van der Waals surface area contributed by atoms with Crippen LogP contribution in [0.2, 0.25) is 5.02 Å². The number of nitrogens with zero attached hydrogens (tertiary/aromatic N) is 2. The van der Waals surface area contributed by atoms with E-state index in [1.165, 1.54) is 12.1 Å². The molecule has 1 amide bonds. The number of rotatable bonds is 4. The van der Waals surface area contributed by atoms with Crippen LogP contribution in [0.25, 0.3) is 0 Å². The Kier molecular flexibility index (Phi) is 7.71. The third-order valence-corrected chi connectivity index (χ3v) is 4.68. The lowest BCUT2D eigenvalue weighted by molar-refractivity contribution is -0.137. The number of amides is 1. The molecule has 3 rings (SSSR count). The van der Waals surface area contributed by atoms with E-state index < -0.39 is 29.3 Å². The standard InChI is InChI=1S/C19H15ClF3N3O2.C2H6/c20-13-2-4-16-11(7-13)5-6-26(16)10-17(27)18(28)25-14-3-1-12(9-24)15(8-14)19(21,22)23;1-2/h1-4,7-8,17,27H,5-6,10H2,(H,25,28);1-2H3. The molecule has 0 fully saturated rings. The molecule has 2 aromatic carbocycles. The fourth-order valence-corrected chi connectivity index (χ4v) is 3.29. The number of halogens is 4. The second-order valence-corrected chi connectivity index (χ2v) is 6.78. The maximum absolute atomic E-state index is 13.0. The zero-order chi connectivity index (χ0) is 22.5. The highest BCUT2D eigenvalue weighted by Gasteiger charge is 2.34. The second-order valence-electron chi connectivity index (χ2n) is 6.34.